The summed E-state index contributed by atoms with van der Waals surface area (Å²) in [6.07, 6.45) is 3.12. The highest BCUT2D eigenvalue weighted by molar-refractivity contribution is 5.93. The molecule has 1 aliphatic heterocycles. The molecule has 0 radical (unpaired) electrons. The number of nitrogens with one attached hydrogen (secondary N) is 1. The summed E-state index contributed by atoms with van der Waals surface area (Å²) in [4.78, 5) is 28.6. The summed E-state index contributed by atoms with van der Waals surface area (Å²) in [5.41, 5.74) is 0.645. The molecule has 0 saturated heterocycles. The van der Waals surface area contributed by atoms with Crippen LogP contribution in [0.3, 0.4) is 0 Å². The van der Waals surface area contributed by atoms with E-state index in [2.05, 4.69) is 15.2 Å². The van der Waals surface area contributed by atoms with Gasteiger partial charge in [0, 0.05) is 31.0 Å². The van der Waals surface area contributed by atoms with Crippen molar-refractivity contribution in [1.29, 1.82) is 0 Å². The predicted molar refractivity (Wildman–Crippen MR) is 66.6 cm³/mol. The smallest absolute Gasteiger partial charge is 0.259 e. The van der Waals surface area contributed by atoms with E-state index in [0.717, 1.165) is 11.5 Å². The maximum absolute atomic E-state index is 12.3. The van der Waals surface area contributed by atoms with Gasteiger partial charge in [0.1, 0.15) is 11.9 Å². The van der Waals surface area contributed by atoms with Crippen molar-refractivity contribution >= 4 is 5.91 Å². The van der Waals surface area contributed by atoms with E-state index < -0.39 is 0 Å². The molecule has 2 aromatic heterocycles. The highest BCUT2D eigenvalue weighted by Crippen LogP contribution is 2.11. The van der Waals surface area contributed by atoms with Crippen LogP contribution in [0.2, 0.25) is 0 Å². The van der Waals surface area contributed by atoms with Crippen LogP contribution in [0.1, 0.15) is 21.9 Å². The second kappa shape index (κ2) is 4.34. The molecule has 7 heteroatoms. The molecule has 98 valence electrons. The zero-order valence-corrected chi connectivity index (χ0v) is 10.5. The molecule has 7 nitrogen and oxygen atoms in total. The molecule has 19 heavy (non-hydrogen) atoms. The molecule has 0 aliphatic carbocycles. The molecule has 2 aromatic rings. The number of pyridine rings is 1. The molecule has 1 aliphatic rings. The number of carbonyl (C=O) groups is 1. The number of carbonyl (C=O) groups excluding carboxylic acids is 1. The highest BCUT2D eigenvalue weighted by atomic mass is 16.2. The first-order valence-electron chi connectivity index (χ1n) is 6.00. The van der Waals surface area contributed by atoms with Crippen molar-refractivity contribution in [3.8, 4) is 0 Å². The molecular formula is C12H13N5O2. The highest BCUT2D eigenvalue weighted by Gasteiger charge is 2.24. The number of rotatable bonds is 1. The number of H-pyrrole nitrogens is 1. The Morgan fingerprint density at radius 3 is 3.05 bits per heavy atom. The van der Waals surface area contributed by atoms with Crippen LogP contribution in [0.25, 0.3) is 0 Å². The third-order valence-corrected chi connectivity index (χ3v) is 3.21. The third-order valence-electron chi connectivity index (χ3n) is 3.21. The number of hydrogen-bond donors (Lipinski definition) is 1. The fraction of sp³-hybridized carbons (Fsp3) is 0.333. The van der Waals surface area contributed by atoms with Gasteiger partial charge in [-0.15, -0.1) is 10.2 Å². The van der Waals surface area contributed by atoms with Crippen molar-refractivity contribution < 1.29 is 4.79 Å². The fourth-order valence-corrected chi connectivity index (χ4v) is 2.15. The zero-order valence-electron chi connectivity index (χ0n) is 10.5. The summed E-state index contributed by atoms with van der Waals surface area (Å²) >= 11 is 0. The summed E-state index contributed by atoms with van der Waals surface area (Å²) < 4.78 is 1.91. The Bertz CT molecular complexity index is 687. The first-order chi connectivity index (χ1) is 9.15. The molecule has 1 N–H and O–H groups in total. The average molecular weight is 259 g/mol. The maximum Gasteiger partial charge on any atom is 0.259 e. The zero-order chi connectivity index (χ0) is 13.4. The van der Waals surface area contributed by atoms with Gasteiger partial charge in [0.15, 0.2) is 11.3 Å². The number of hydrogen-bond acceptors (Lipinski definition) is 4. The van der Waals surface area contributed by atoms with Gasteiger partial charge in [0.05, 0.1) is 6.54 Å². The van der Waals surface area contributed by atoms with Crippen molar-refractivity contribution in [3.63, 3.8) is 0 Å². The maximum atomic E-state index is 12.3. The number of aryl methyl sites for hydroxylation is 1. The van der Waals surface area contributed by atoms with E-state index in [1.54, 1.807) is 18.2 Å². The summed E-state index contributed by atoms with van der Waals surface area (Å²) in [6.45, 7) is 3.36. The fourth-order valence-electron chi connectivity index (χ4n) is 2.15. The van der Waals surface area contributed by atoms with Crippen molar-refractivity contribution in [3.05, 3.63) is 45.9 Å². The predicted octanol–water partition coefficient (Wildman–Crippen LogP) is -0.0692. The van der Waals surface area contributed by atoms with E-state index in [9.17, 15) is 9.59 Å². The number of amides is 1. The first kappa shape index (κ1) is 11.6. The number of fused-ring (bicyclic) bond motifs is 1. The molecule has 0 saturated carbocycles. The van der Waals surface area contributed by atoms with E-state index in [0.29, 0.717) is 19.6 Å². The van der Waals surface area contributed by atoms with E-state index in [-0.39, 0.29) is 16.9 Å². The van der Waals surface area contributed by atoms with Crippen LogP contribution in [-0.2, 0) is 13.1 Å². The van der Waals surface area contributed by atoms with Gasteiger partial charge in [-0.1, -0.05) is 0 Å². The first-order valence-corrected chi connectivity index (χ1v) is 6.00. The molecule has 1 amide bonds. The van der Waals surface area contributed by atoms with Gasteiger partial charge in [0.25, 0.3) is 5.91 Å². The normalized spacial score (nSPS) is 14.3. The molecule has 0 bridgehead atoms. The lowest BCUT2D eigenvalue weighted by Crippen LogP contribution is -2.40. The third kappa shape index (κ3) is 2.03. The standard InChI is InChI=1S/C12H13N5O2/c1-8-4-10(18)9(5-13-8)12(19)16-2-3-17-7-14-15-11(17)6-16/h4-5,7H,2-3,6H2,1H3,(H,13,18). The summed E-state index contributed by atoms with van der Waals surface area (Å²) in [7, 11) is 0. The second-order valence-electron chi connectivity index (χ2n) is 4.56. The van der Waals surface area contributed by atoms with E-state index in [1.807, 2.05) is 4.57 Å². The molecule has 0 atom stereocenters. The van der Waals surface area contributed by atoms with Gasteiger partial charge in [-0.3, -0.25) is 9.59 Å². The monoisotopic (exact) mass is 259 g/mol. The van der Waals surface area contributed by atoms with Gasteiger partial charge in [-0.2, -0.15) is 0 Å². The summed E-state index contributed by atoms with van der Waals surface area (Å²) in [5, 5.41) is 7.76. The number of aromatic nitrogens is 4. The SMILES string of the molecule is Cc1cc(=O)c(C(=O)N2CCn3cnnc3C2)c[nH]1. The molecule has 0 fully saturated rings. The second-order valence-corrected chi connectivity index (χ2v) is 4.56. The lowest BCUT2D eigenvalue weighted by molar-refractivity contribution is 0.0705. The Balaban J connectivity index is 1.87. The Morgan fingerprint density at radius 2 is 2.26 bits per heavy atom. The van der Waals surface area contributed by atoms with Gasteiger partial charge in [-0.25, -0.2) is 0 Å². The Morgan fingerprint density at radius 1 is 1.42 bits per heavy atom. The van der Waals surface area contributed by atoms with Crippen molar-refractivity contribution in [1.82, 2.24) is 24.6 Å². The molecule has 0 unspecified atom stereocenters. The van der Waals surface area contributed by atoms with Crippen LogP contribution in [0.15, 0.2) is 23.4 Å². The molecule has 0 spiro atoms. The lowest BCUT2D eigenvalue weighted by Gasteiger charge is -2.26. The Hall–Kier alpha value is -2.44. The van der Waals surface area contributed by atoms with Crippen LogP contribution in [0.5, 0.6) is 0 Å². The molecule has 0 aromatic carbocycles. The molecule has 3 heterocycles. The molecule has 3 rings (SSSR count). The largest absolute Gasteiger partial charge is 0.364 e. The van der Waals surface area contributed by atoms with Crippen LogP contribution in [-0.4, -0.2) is 37.1 Å². The van der Waals surface area contributed by atoms with E-state index in [1.165, 1.54) is 12.3 Å². The van der Waals surface area contributed by atoms with Gasteiger partial charge in [-0.05, 0) is 6.92 Å². The van der Waals surface area contributed by atoms with Crippen LogP contribution in [0.4, 0.5) is 0 Å². The van der Waals surface area contributed by atoms with Crippen molar-refractivity contribution in [2.24, 2.45) is 0 Å². The minimum atomic E-state index is -0.268. The van der Waals surface area contributed by atoms with Crippen LogP contribution >= 0.6 is 0 Å². The van der Waals surface area contributed by atoms with Crippen LogP contribution < -0.4 is 5.43 Å². The summed E-state index contributed by atoms with van der Waals surface area (Å²) in [5.74, 6) is 0.471. The van der Waals surface area contributed by atoms with Gasteiger partial charge in [0.2, 0.25) is 0 Å². The van der Waals surface area contributed by atoms with E-state index >= 15 is 0 Å². The topological polar surface area (TPSA) is 83.9 Å². The van der Waals surface area contributed by atoms with Crippen LogP contribution in [0, 0.1) is 6.92 Å². The van der Waals surface area contributed by atoms with Crippen molar-refractivity contribution in [2.75, 3.05) is 6.54 Å². The Kier molecular flexibility index (Phi) is 2.66. The minimum absolute atomic E-state index is 0.165. The lowest BCUT2D eigenvalue weighted by atomic mass is 10.2. The quantitative estimate of drug-likeness (QED) is 0.777. The van der Waals surface area contributed by atoms with Gasteiger partial charge < -0.3 is 14.5 Å². The minimum Gasteiger partial charge on any atom is -0.364 e. The van der Waals surface area contributed by atoms with Crippen molar-refractivity contribution in [2.45, 2.75) is 20.0 Å². The number of nitrogens with zero attached hydrogens (tertiary/aromatic N) is 4. The molecular weight excluding hydrogens is 246 g/mol. The van der Waals surface area contributed by atoms with Gasteiger partial charge >= 0.3 is 0 Å². The number of aromatic amines is 1. The summed E-state index contributed by atoms with van der Waals surface area (Å²) in [6, 6.07) is 1.43. The average Bonchev–Trinajstić information content (AvgIpc) is 2.85. The Labute approximate surface area is 108 Å². The van der Waals surface area contributed by atoms with E-state index in [4.69, 9.17) is 0 Å².